The zero-order chi connectivity index (χ0) is 29.1. The fourth-order valence-corrected chi connectivity index (χ4v) is 4.75. The van der Waals surface area contributed by atoms with Gasteiger partial charge in [-0.3, -0.25) is 9.69 Å². The molecule has 0 saturated carbocycles. The molecule has 1 fully saturated rings. The van der Waals surface area contributed by atoms with Gasteiger partial charge < -0.3 is 24.8 Å². The van der Waals surface area contributed by atoms with Crippen LogP contribution in [0.4, 0.5) is 30.8 Å². The van der Waals surface area contributed by atoms with Crippen molar-refractivity contribution in [2.45, 2.75) is 19.1 Å². The number of piperazine rings is 1. The number of aromatic nitrogens is 5. The van der Waals surface area contributed by atoms with Crippen LogP contribution in [0.2, 0.25) is 0 Å². The highest BCUT2D eigenvalue weighted by Gasteiger charge is 2.34. The Morgan fingerprint density at radius 1 is 1.10 bits per heavy atom. The second kappa shape index (κ2) is 11.6. The molecule has 1 saturated heterocycles. The van der Waals surface area contributed by atoms with E-state index < -0.39 is 18.5 Å². The van der Waals surface area contributed by atoms with Crippen LogP contribution in [0.1, 0.15) is 12.0 Å². The summed E-state index contributed by atoms with van der Waals surface area (Å²) in [6, 6.07) is 9.54. The second-order valence-electron chi connectivity index (χ2n) is 9.91. The number of aromatic amines is 1. The predicted octanol–water partition coefficient (Wildman–Crippen LogP) is 3.83. The molecule has 0 aliphatic carbocycles. The largest absolute Gasteiger partial charge is 0.491 e. The lowest BCUT2D eigenvalue weighted by atomic mass is 10.1. The normalized spacial score (nSPS) is 14.3. The van der Waals surface area contributed by atoms with Crippen molar-refractivity contribution in [1.82, 2.24) is 34.7 Å². The SMILES string of the molecule is COc1c(-c2ccc3nc(Nc4cc(CN5CCN(C(=O)CC(F)(F)F)CC5)ccn4)[nH]c3c2)ncnc1N(C)C. The van der Waals surface area contributed by atoms with E-state index in [1.165, 1.54) is 11.2 Å². The van der Waals surface area contributed by atoms with E-state index in [0.29, 0.717) is 48.7 Å². The second-order valence-corrected chi connectivity index (χ2v) is 9.91. The number of hydrogen-bond acceptors (Lipinski definition) is 9. The molecule has 0 unspecified atom stereocenters. The molecule has 1 aliphatic rings. The van der Waals surface area contributed by atoms with Crippen molar-refractivity contribution in [1.29, 1.82) is 0 Å². The molecule has 0 atom stereocenters. The Kier molecular flexibility index (Phi) is 7.92. The molecule has 4 aromatic rings. The average Bonchev–Trinajstić information content (AvgIpc) is 3.33. The number of methoxy groups -OCH3 is 1. The van der Waals surface area contributed by atoms with Gasteiger partial charge in [-0.1, -0.05) is 6.07 Å². The molecule has 0 radical (unpaired) electrons. The molecule has 0 spiro atoms. The van der Waals surface area contributed by atoms with E-state index in [-0.39, 0.29) is 13.1 Å². The molecule has 216 valence electrons. The van der Waals surface area contributed by atoms with Gasteiger partial charge in [-0.15, -0.1) is 0 Å². The number of amides is 1. The van der Waals surface area contributed by atoms with Gasteiger partial charge in [0.05, 0.1) is 18.1 Å². The lowest BCUT2D eigenvalue weighted by Gasteiger charge is -2.35. The lowest BCUT2D eigenvalue weighted by Crippen LogP contribution is -2.49. The summed E-state index contributed by atoms with van der Waals surface area (Å²) in [5.74, 6) is 1.48. The van der Waals surface area contributed by atoms with Crippen LogP contribution in [0, 0.1) is 0 Å². The molecule has 3 aromatic heterocycles. The molecular weight excluding hydrogens is 539 g/mol. The number of carbonyl (C=O) groups is 1. The first-order valence-electron chi connectivity index (χ1n) is 12.9. The van der Waals surface area contributed by atoms with Crippen LogP contribution in [-0.2, 0) is 11.3 Å². The zero-order valence-electron chi connectivity index (χ0n) is 22.9. The fourth-order valence-electron chi connectivity index (χ4n) is 4.75. The number of ether oxygens (including phenoxy) is 1. The van der Waals surface area contributed by atoms with Gasteiger partial charge in [0.15, 0.2) is 11.6 Å². The van der Waals surface area contributed by atoms with Crippen molar-refractivity contribution in [3.05, 3.63) is 48.4 Å². The summed E-state index contributed by atoms with van der Waals surface area (Å²) >= 11 is 0. The molecule has 14 heteroatoms. The number of rotatable bonds is 8. The summed E-state index contributed by atoms with van der Waals surface area (Å²) in [5.41, 5.74) is 4.04. The maximum Gasteiger partial charge on any atom is 0.397 e. The predicted molar refractivity (Wildman–Crippen MR) is 148 cm³/mol. The highest BCUT2D eigenvalue weighted by atomic mass is 19.4. The zero-order valence-corrected chi connectivity index (χ0v) is 22.9. The Morgan fingerprint density at radius 2 is 1.88 bits per heavy atom. The molecule has 1 amide bonds. The van der Waals surface area contributed by atoms with Gasteiger partial charge in [-0.25, -0.2) is 19.9 Å². The molecular formula is C27H30F3N9O2. The first-order chi connectivity index (χ1) is 19.6. The van der Waals surface area contributed by atoms with Crippen LogP contribution < -0.4 is 15.0 Å². The summed E-state index contributed by atoms with van der Waals surface area (Å²) in [5, 5.41) is 3.21. The summed E-state index contributed by atoms with van der Waals surface area (Å²) in [6.07, 6.45) is -2.71. The third-order valence-corrected chi connectivity index (χ3v) is 6.72. The molecule has 4 heterocycles. The van der Waals surface area contributed by atoms with Crippen LogP contribution in [0.3, 0.4) is 0 Å². The van der Waals surface area contributed by atoms with E-state index in [2.05, 4.69) is 35.1 Å². The lowest BCUT2D eigenvalue weighted by molar-refractivity contribution is -0.162. The number of anilines is 3. The summed E-state index contributed by atoms with van der Waals surface area (Å²) in [7, 11) is 5.37. The average molecular weight is 570 g/mol. The number of H-pyrrole nitrogens is 1. The number of nitrogens with zero attached hydrogens (tertiary/aromatic N) is 7. The number of fused-ring (bicyclic) bond motifs is 1. The Labute approximate surface area is 234 Å². The van der Waals surface area contributed by atoms with Crippen LogP contribution in [0.5, 0.6) is 5.75 Å². The van der Waals surface area contributed by atoms with Crippen molar-refractivity contribution in [3.63, 3.8) is 0 Å². The van der Waals surface area contributed by atoms with Crippen LogP contribution >= 0.6 is 0 Å². The Bertz CT molecular complexity index is 1530. The van der Waals surface area contributed by atoms with E-state index in [1.807, 2.05) is 49.3 Å². The number of alkyl halides is 3. The molecule has 2 N–H and O–H groups in total. The number of benzene rings is 1. The maximum atomic E-state index is 12.5. The molecule has 11 nitrogen and oxygen atoms in total. The fraction of sp³-hybridized carbons (Fsp3) is 0.370. The first-order valence-corrected chi connectivity index (χ1v) is 12.9. The van der Waals surface area contributed by atoms with Crippen LogP contribution in [-0.4, -0.2) is 94.2 Å². The topological polar surface area (TPSA) is 115 Å². The third-order valence-electron chi connectivity index (χ3n) is 6.72. The Morgan fingerprint density at radius 3 is 2.59 bits per heavy atom. The van der Waals surface area contributed by atoms with Crippen LogP contribution in [0.15, 0.2) is 42.9 Å². The molecule has 1 aromatic carbocycles. The van der Waals surface area contributed by atoms with Gasteiger partial charge in [0.1, 0.15) is 24.3 Å². The molecule has 41 heavy (non-hydrogen) atoms. The number of imidazole rings is 1. The van der Waals surface area contributed by atoms with Gasteiger partial charge >= 0.3 is 6.18 Å². The number of pyridine rings is 1. The maximum absolute atomic E-state index is 12.5. The Balaban J connectivity index is 1.25. The number of hydrogen-bond donors (Lipinski definition) is 2. The van der Waals surface area contributed by atoms with Gasteiger partial charge in [0, 0.05) is 58.6 Å². The quantitative estimate of drug-likeness (QED) is 0.327. The van der Waals surface area contributed by atoms with Crippen molar-refractivity contribution in [2.75, 3.05) is 57.6 Å². The van der Waals surface area contributed by atoms with Crippen LogP contribution in [0.25, 0.3) is 22.3 Å². The third kappa shape index (κ3) is 6.65. The van der Waals surface area contributed by atoms with Gasteiger partial charge in [0.2, 0.25) is 11.9 Å². The summed E-state index contributed by atoms with van der Waals surface area (Å²) < 4.78 is 43.3. The van der Waals surface area contributed by atoms with E-state index in [4.69, 9.17) is 4.74 Å². The van der Waals surface area contributed by atoms with Crippen molar-refractivity contribution < 1.29 is 22.7 Å². The summed E-state index contributed by atoms with van der Waals surface area (Å²) in [6.45, 7) is 2.10. The monoisotopic (exact) mass is 569 g/mol. The minimum atomic E-state index is -4.49. The van der Waals surface area contributed by atoms with Gasteiger partial charge in [-0.05, 0) is 29.8 Å². The number of nitrogens with one attached hydrogen (secondary N) is 2. The van der Waals surface area contributed by atoms with Crippen molar-refractivity contribution in [3.8, 4) is 17.0 Å². The van der Waals surface area contributed by atoms with Crippen molar-refractivity contribution in [2.24, 2.45) is 0 Å². The highest BCUT2D eigenvalue weighted by molar-refractivity contribution is 5.85. The van der Waals surface area contributed by atoms with Gasteiger partial charge in [-0.2, -0.15) is 13.2 Å². The molecule has 1 aliphatic heterocycles. The van der Waals surface area contributed by atoms with E-state index in [9.17, 15) is 18.0 Å². The van der Waals surface area contributed by atoms with Gasteiger partial charge in [0.25, 0.3) is 0 Å². The summed E-state index contributed by atoms with van der Waals surface area (Å²) in [4.78, 5) is 38.1. The number of halogens is 3. The molecule has 0 bridgehead atoms. The smallest absolute Gasteiger partial charge is 0.397 e. The standard InChI is InChI=1S/C27H30F3N9O2/c1-37(2)25-24(41-3)23(32-16-33-25)18-4-5-19-20(13-18)35-26(34-19)36-21-12-17(6-7-31-21)15-38-8-10-39(11-9-38)22(40)14-27(28,29)30/h4-7,12-13,16H,8-11,14-15H2,1-3H3,(H2,31,34,35,36). The number of carbonyl (C=O) groups excluding carboxylic acids is 1. The van der Waals surface area contributed by atoms with E-state index >= 15 is 0 Å². The van der Waals surface area contributed by atoms with Crippen molar-refractivity contribution >= 4 is 34.5 Å². The minimum absolute atomic E-state index is 0.267. The first kappa shape index (κ1) is 28.1. The van der Waals surface area contributed by atoms with E-state index in [0.717, 1.165) is 22.2 Å². The van der Waals surface area contributed by atoms with E-state index in [1.54, 1.807) is 13.3 Å². The molecule has 5 rings (SSSR count). The Hall–Kier alpha value is -4.46. The minimum Gasteiger partial charge on any atom is -0.491 e. The highest BCUT2D eigenvalue weighted by Crippen LogP contribution is 2.35.